The summed E-state index contributed by atoms with van der Waals surface area (Å²) in [5.41, 5.74) is 57.2. The maximum Gasteiger partial charge on any atom is 0.333 e. The Morgan fingerprint density at radius 2 is 0.326 bits per heavy atom. The van der Waals surface area contributed by atoms with E-state index in [-0.39, 0.29) is 20.5 Å². The van der Waals surface area contributed by atoms with Gasteiger partial charge in [-0.1, -0.05) is 370 Å². The zero-order chi connectivity index (χ0) is 88.5. The van der Waals surface area contributed by atoms with E-state index in [2.05, 4.69) is 521 Å². The summed E-state index contributed by atoms with van der Waals surface area (Å²) < 4.78 is 0. The van der Waals surface area contributed by atoms with Gasteiger partial charge in [0.05, 0.1) is 5.69 Å². The van der Waals surface area contributed by atoms with Crippen LogP contribution in [0.3, 0.4) is 0 Å². The van der Waals surface area contributed by atoms with Crippen LogP contribution in [0.15, 0.2) is 491 Å². The van der Waals surface area contributed by atoms with E-state index >= 15 is 0 Å². The van der Waals surface area contributed by atoms with Crippen LogP contribution in [-0.4, -0.2) is 20.5 Å². The Bertz CT molecular complexity index is 8160. The molecule has 6 nitrogen and oxygen atoms in total. The van der Waals surface area contributed by atoms with Gasteiger partial charge < -0.3 is 29.1 Å². The zero-order valence-corrected chi connectivity index (χ0v) is 73.7. The second-order valence-corrected chi connectivity index (χ2v) is 36.3. The summed E-state index contributed by atoms with van der Waals surface area (Å²) in [5, 5.41) is 0. The fourth-order valence-electron chi connectivity index (χ4n) is 23.8. The van der Waals surface area contributed by atoms with Crippen molar-refractivity contribution in [2.75, 3.05) is 29.1 Å². The Morgan fingerprint density at radius 3 is 0.652 bits per heavy atom. The third-order valence-electron chi connectivity index (χ3n) is 29.3. The Labute approximate surface area is 787 Å². The normalized spacial score (nSPS) is 13.2. The first-order valence-corrected chi connectivity index (χ1v) is 47.0. The summed E-state index contributed by atoms with van der Waals surface area (Å²) in [6, 6.07) is 180. The maximum atomic E-state index is 2.59. The van der Waals surface area contributed by atoms with Crippen LogP contribution in [0.25, 0.3) is 134 Å². The first-order valence-electron chi connectivity index (χ1n) is 47.0. The van der Waals surface area contributed by atoms with Crippen molar-refractivity contribution in [3.05, 3.63) is 491 Å². The summed E-state index contributed by atoms with van der Waals surface area (Å²) in [6.45, 7) is 0.310. The van der Waals surface area contributed by atoms with E-state index in [1.807, 2.05) is 0 Å². The molecule has 0 saturated heterocycles. The van der Waals surface area contributed by atoms with Gasteiger partial charge in [-0.2, -0.15) is 0 Å². The molecular formula is C126H81B3N6. The smallest absolute Gasteiger partial charge is 0.333 e. The van der Waals surface area contributed by atoms with Crippen molar-refractivity contribution in [1.29, 1.82) is 0 Å². The molecule has 0 fully saturated rings. The lowest BCUT2D eigenvalue weighted by Gasteiger charge is -2.49. The second kappa shape index (κ2) is 30.6. The van der Waals surface area contributed by atoms with Crippen LogP contribution in [0.2, 0.25) is 0 Å². The molecule has 30 rings (SSSR count). The van der Waals surface area contributed by atoms with Crippen molar-refractivity contribution >= 4 is 139 Å². The second-order valence-electron chi connectivity index (χ2n) is 36.3. The van der Waals surface area contributed by atoms with Gasteiger partial charge >= 0.3 is 20.5 Å². The summed E-state index contributed by atoms with van der Waals surface area (Å²) in [5.74, 6) is 0. The molecule has 9 aliphatic rings. The molecule has 0 saturated carbocycles. The number of nitrogens with zero attached hydrogens (tertiary/aromatic N) is 6. The van der Waals surface area contributed by atoms with Crippen molar-refractivity contribution in [2.45, 2.75) is 0 Å². The van der Waals surface area contributed by atoms with Gasteiger partial charge in [-0.25, -0.2) is 0 Å². The predicted molar refractivity (Wildman–Crippen MR) is 570 cm³/mol. The highest BCUT2D eigenvalue weighted by molar-refractivity contribution is 6.97. The zero-order valence-electron chi connectivity index (χ0n) is 73.7. The molecule has 9 aliphatic heterocycles. The Hall–Kier alpha value is -17.4. The first-order chi connectivity index (χ1) is 67.1. The van der Waals surface area contributed by atoms with Crippen LogP contribution in [0.4, 0.5) is 85.3 Å². The van der Waals surface area contributed by atoms with Crippen molar-refractivity contribution in [1.82, 2.24) is 0 Å². The highest BCUT2D eigenvalue weighted by Crippen LogP contribution is 2.57. The molecule has 0 aliphatic carbocycles. The number of hydrogen-bond donors (Lipinski definition) is 0. The van der Waals surface area contributed by atoms with Gasteiger partial charge in [0.25, 0.3) is 0 Å². The minimum Gasteiger partial charge on any atom is -0.376 e. The topological polar surface area (TPSA) is 19.4 Å². The molecule has 624 valence electrons. The van der Waals surface area contributed by atoms with Gasteiger partial charge in [0.2, 0.25) is 0 Å². The molecule has 0 atom stereocenters. The summed E-state index contributed by atoms with van der Waals surface area (Å²) in [7, 11) is 0. The quantitative estimate of drug-likeness (QED) is 0.133. The number of hydrogen-bond acceptors (Lipinski definition) is 6. The molecule has 135 heavy (non-hydrogen) atoms. The lowest BCUT2D eigenvalue weighted by Crippen LogP contribution is -2.63. The van der Waals surface area contributed by atoms with Crippen LogP contribution in [0.1, 0.15) is 0 Å². The molecule has 0 bridgehead atoms. The van der Waals surface area contributed by atoms with Gasteiger partial charge in [0, 0.05) is 119 Å². The molecule has 0 radical (unpaired) electrons. The van der Waals surface area contributed by atoms with Crippen molar-refractivity contribution in [3.63, 3.8) is 0 Å². The first kappa shape index (κ1) is 76.5. The van der Waals surface area contributed by atoms with Gasteiger partial charge in [-0.3, -0.25) is 0 Å². The minimum absolute atomic E-state index is 0.0900. The van der Waals surface area contributed by atoms with E-state index < -0.39 is 0 Å². The number of para-hydroxylation sites is 6. The maximum absolute atomic E-state index is 2.59. The largest absolute Gasteiger partial charge is 0.376 e. The Kier molecular flexibility index (Phi) is 17.3. The highest BCUT2D eigenvalue weighted by atomic mass is 15.2. The van der Waals surface area contributed by atoms with Crippen LogP contribution in [0, 0.1) is 0 Å². The minimum atomic E-state index is 0.0900. The molecule has 21 aromatic rings. The standard InChI is InChI=1S/3C42H27BN2/c1-3-13-28(14-4-1)30-25-26-36(35(27-30)29-15-5-2-6-16-29)44-39-23-11-19-33-31-17-7-9-21-37(31)45-38-22-10-8-18-32(38)34-20-12-24-40(44)42(34)43(45)41(33)39;1-2-12-28(13-3-1)29-14-8-15-30(26-29)31-16-9-17-32(27-31)44-39-24-10-20-35-33-18-4-6-22-37(33)45-38-23-7-5-19-34(38)36-21-11-25-40(44)42(36)43(45)41(35)39;1-2-11-28(12-3-1)30-13-8-14-31(27-30)29-23-25-32(26-24-29)44-39-21-9-17-35-33-15-4-6-19-37(33)45-38-20-7-5-16-34(38)36-18-10-22-40(44)42(36)43(45)41(35)39/h3*1-27H. The number of fused-ring (bicyclic) bond motifs is 18. The Balaban J connectivity index is 0.000000101. The van der Waals surface area contributed by atoms with E-state index in [9.17, 15) is 0 Å². The van der Waals surface area contributed by atoms with E-state index in [1.54, 1.807) is 0 Å². The van der Waals surface area contributed by atoms with Crippen molar-refractivity contribution in [3.8, 4) is 134 Å². The van der Waals surface area contributed by atoms with Crippen molar-refractivity contribution < 1.29 is 0 Å². The molecule has 0 unspecified atom stereocenters. The van der Waals surface area contributed by atoms with Gasteiger partial charge in [-0.05, 0) is 249 Å². The molecule has 9 heterocycles. The SMILES string of the molecule is c1ccc(-c2ccc(N3c4cccc5c4B4c6c(cccc63)-c3ccccc3N4c3ccccc3-5)c(-c3ccccc3)c2)cc1.c1ccc(-c2cccc(-c3ccc(N4c5cccc6c5B5c7c(cccc74)-c4ccccc4N5c4ccccc4-6)cc3)c2)cc1.c1ccc(-c2cccc(-c3cccc(N4c5cccc6c5B5c7c(cccc74)-c4ccccc4N5c4ccccc4-6)c3)c2)cc1. The summed E-state index contributed by atoms with van der Waals surface area (Å²) in [6.07, 6.45) is 0. The molecular weight excluding hydrogens is 1630 g/mol. The highest BCUT2D eigenvalue weighted by Gasteiger charge is 2.53. The predicted octanol–water partition coefficient (Wildman–Crippen LogP) is 29.1. The monoisotopic (exact) mass is 1710 g/mol. The van der Waals surface area contributed by atoms with E-state index in [0.29, 0.717) is 0 Å². The summed E-state index contributed by atoms with van der Waals surface area (Å²) >= 11 is 0. The number of anilines is 15. The average molecular weight is 1710 g/mol. The third kappa shape index (κ3) is 11.7. The number of rotatable bonds is 9. The van der Waals surface area contributed by atoms with Gasteiger partial charge in [0.1, 0.15) is 0 Å². The molecule has 0 N–H and O–H groups in total. The van der Waals surface area contributed by atoms with Crippen LogP contribution >= 0.6 is 0 Å². The van der Waals surface area contributed by atoms with E-state index in [0.717, 1.165) is 0 Å². The molecule has 0 spiro atoms. The van der Waals surface area contributed by atoms with Crippen LogP contribution in [-0.2, 0) is 0 Å². The third-order valence-corrected chi connectivity index (χ3v) is 29.3. The number of benzene rings is 21. The Morgan fingerprint density at radius 1 is 0.111 bits per heavy atom. The molecule has 0 aromatic heterocycles. The van der Waals surface area contributed by atoms with Gasteiger partial charge in [0.15, 0.2) is 0 Å². The van der Waals surface area contributed by atoms with Crippen LogP contribution < -0.4 is 61.9 Å². The van der Waals surface area contributed by atoms with Crippen LogP contribution in [0.5, 0.6) is 0 Å². The van der Waals surface area contributed by atoms with Gasteiger partial charge in [-0.15, -0.1) is 0 Å². The lowest BCUT2D eigenvalue weighted by atomic mass is 9.41. The average Bonchev–Trinajstić information content (AvgIpc) is 0.683. The molecule has 21 aromatic carbocycles. The molecule has 0 amide bonds. The fourth-order valence-corrected chi connectivity index (χ4v) is 23.8. The molecule has 9 heteroatoms. The fraction of sp³-hybridized carbons (Fsp3) is 0. The van der Waals surface area contributed by atoms with E-state index in [1.165, 1.54) is 252 Å². The lowest BCUT2D eigenvalue weighted by molar-refractivity contribution is 1.26. The van der Waals surface area contributed by atoms with Crippen molar-refractivity contribution in [2.24, 2.45) is 0 Å². The summed E-state index contributed by atoms with van der Waals surface area (Å²) in [4.78, 5) is 15.3. The van der Waals surface area contributed by atoms with E-state index in [4.69, 9.17) is 0 Å².